The Morgan fingerprint density at radius 3 is 2.52 bits per heavy atom. The fraction of sp³-hybridized carbons (Fsp3) is 0.188. The third-order valence-electron chi connectivity index (χ3n) is 3.76. The lowest BCUT2D eigenvalue weighted by Crippen LogP contribution is -2.44. The number of aliphatic hydroxyl groups is 1. The van der Waals surface area contributed by atoms with Crippen LogP contribution in [0.5, 0.6) is 28.7 Å². The molecule has 0 saturated heterocycles. The number of fused-ring (bicyclic) bond motifs is 1. The van der Waals surface area contributed by atoms with Crippen LogP contribution in [0, 0.1) is 0 Å². The quantitative estimate of drug-likeness (QED) is 0.659. The first kappa shape index (κ1) is 15.0. The summed E-state index contributed by atoms with van der Waals surface area (Å²) in [7, 11) is 1.42. The van der Waals surface area contributed by atoms with Crippen LogP contribution in [-0.4, -0.2) is 39.9 Å². The van der Waals surface area contributed by atoms with Crippen molar-refractivity contribution in [2.45, 2.75) is 5.60 Å². The van der Waals surface area contributed by atoms with Crippen LogP contribution in [0.25, 0.3) is 0 Å². The van der Waals surface area contributed by atoms with E-state index in [1.165, 1.54) is 31.4 Å². The smallest absolute Gasteiger partial charge is 0.210 e. The molecule has 120 valence electrons. The highest BCUT2D eigenvalue weighted by atomic mass is 16.5. The first-order valence-corrected chi connectivity index (χ1v) is 6.70. The molecular formula is C16H14O7. The molecule has 0 bridgehead atoms. The van der Waals surface area contributed by atoms with Gasteiger partial charge in [0.25, 0.3) is 0 Å². The van der Waals surface area contributed by atoms with Gasteiger partial charge in [0, 0.05) is 23.8 Å². The minimum absolute atomic E-state index is 0.0369. The van der Waals surface area contributed by atoms with Crippen LogP contribution in [0.3, 0.4) is 0 Å². The number of methoxy groups -OCH3 is 1. The Hall–Kier alpha value is -2.93. The summed E-state index contributed by atoms with van der Waals surface area (Å²) in [5.41, 5.74) is -2.49. The van der Waals surface area contributed by atoms with E-state index in [0.717, 1.165) is 6.07 Å². The lowest BCUT2D eigenvalue weighted by molar-refractivity contribution is -0.00674. The van der Waals surface area contributed by atoms with E-state index in [0.29, 0.717) is 5.75 Å². The summed E-state index contributed by atoms with van der Waals surface area (Å²) < 4.78 is 10.3. The van der Waals surface area contributed by atoms with E-state index in [1.54, 1.807) is 0 Å². The van der Waals surface area contributed by atoms with Crippen LogP contribution in [0.2, 0.25) is 0 Å². The average molecular weight is 318 g/mol. The van der Waals surface area contributed by atoms with E-state index in [9.17, 15) is 25.2 Å². The van der Waals surface area contributed by atoms with Gasteiger partial charge in [-0.05, 0) is 12.1 Å². The number of carbonyl (C=O) groups is 1. The summed E-state index contributed by atoms with van der Waals surface area (Å²) in [6, 6.07) is 6.22. The number of ether oxygens (including phenoxy) is 2. The third kappa shape index (κ3) is 2.22. The second-order valence-electron chi connectivity index (χ2n) is 5.20. The van der Waals surface area contributed by atoms with E-state index in [-0.39, 0.29) is 28.4 Å². The Morgan fingerprint density at radius 2 is 1.87 bits per heavy atom. The Bertz CT molecular complexity index is 799. The molecule has 3 rings (SSSR count). The molecule has 0 saturated carbocycles. The summed E-state index contributed by atoms with van der Waals surface area (Å²) in [6.45, 7) is -0.471. The maximum atomic E-state index is 12.7. The Labute approximate surface area is 131 Å². The lowest BCUT2D eigenvalue weighted by atomic mass is 9.83. The molecular weight excluding hydrogens is 304 g/mol. The van der Waals surface area contributed by atoms with Crippen molar-refractivity contribution in [3.63, 3.8) is 0 Å². The molecule has 7 heteroatoms. The van der Waals surface area contributed by atoms with Crippen molar-refractivity contribution in [3.8, 4) is 28.7 Å². The standard InChI is InChI=1S/C16H14O7/c1-22-9-2-3-10(11(18)6-9)16(21)7-23-13-5-8(17)4-12(19)14(13)15(16)20/h2-6,17-19,21H,7H2,1H3. The number of phenols is 3. The number of aromatic hydroxyl groups is 3. The minimum atomic E-state index is -2.17. The lowest BCUT2D eigenvalue weighted by Gasteiger charge is -2.33. The predicted molar refractivity (Wildman–Crippen MR) is 78.2 cm³/mol. The fourth-order valence-electron chi connectivity index (χ4n) is 2.57. The van der Waals surface area contributed by atoms with Crippen molar-refractivity contribution in [3.05, 3.63) is 41.5 Å². The van der Waals surface area contributed by atoms with E-state index in [4.69, 9.17) is 9.47 Å². The molecule has 23 heavy (non-hydrogen) atoms. The molecule has 0 fully saturated rings. The first-order valence-electron chi connectivity index (χ1n) is 6.70. The summed E-state index contributed by atoms with van der Waals surface area (Å²) >= 11 is 0. The number of hydrogen-bond acceptors (Lipinski definition) is 7. The maximum Gasteiger partial charge on any atom is 0.210 e. The van der Waals surface area contributed by atoms with Crippen LogP contribution < -0.4 is 9.47 Å². The van der Waals surface area contributed by atoms with Gasteiger partial charge in [-0.1, -0.05) is 0 Å². The van der Waals surface area contributed by atoms with Gasteiger partial charge in [0.15, 0.2) is 5.60 Å². The van der Waals surface area contributed by atoms with Crippen LogP contribution in [0.4, 0.5) is 0 Å². The zero-order valence-corrected chi connectivity index (χ0v) is 12.1. The van der Waals surface area contributed by atoms with Crippen LogP contribution in [0.1, 0.15) is 15.9 Å². The molecule has 1 aliphatic rings. The normalized spacial score (nSPS) is 19.8. The number of ketones is 1. The Morgan fingerprint density at radius 1 is 1.13 bits per heavy atom. The van der Waals surface area contributed by atoms with Crippen LogP contribution in [0.15, 0.2) is 30.3 Å². The molecule has 0 amide bonds. The molecule has 1 heterocycles. The Kier molecular flexibility index (Phi) is 3.30. The van der Waals surface area contributed by atoms with Gasteiger partial charge in [-0.3, -0.25) is 4.79 Å². The second-order valence-corrected chi connectivity index (χ2v) is 5.20. The maximum absolute atomic E-state index is 12.7. The molecule has 7 nitrogen and oxygen atoms in total. The zero-order valence-electron chi connectivity index (χ0n) is 12.1. The highest BCUT2D eigenvalue weighted by molar-refractivity contribution is 6.08. The summed E-state index contributed by atoms with van der Waals surface area (Å²) in [6.07, 6.45) is 0. The van der Waals surface area contributed by atoms with Gasteiger partial charge in [0.1, 0.15) is 40.9 Å². The molecule has 2 aromatic rings. The van der Waals surface area contributed by atoms with Crippen molar-refractivity contribution in [1.82, 2.24) is 0 Å². The number of benzene rings is 2. The SMILES string of the molecule is COc1ccc(C2(O)COc3cc(O)cc(O)c3C2=O)c(O)c1. The molecule has 4 N–H and O–H groups in total. The zero-order chi connectivity index (χ0) is 16.8. The van der Waals surface area contributed by atoms with Gasteiger partial charge in [-0.15, -0.1) is 0 Å². The van der Waals surface area contributed by atoms with Gasteiger partial charge in [0.2, 0.25) is 5.78 Å². The highest BCUT2D eigenvalue weighted by Crippen LogP contribution is 2.44. The molecule has 1 unspecified atom stereocenters. The summed E-state index contributed by atoms with van der Waals surface area (Å²) in [5.74, 6) is -1.65. The molecule has 0 radical (unpaired) electrons. The average Bonchev–Trinajstić information content (AvgIpc) is 2.50. The van der Waals surface area contributed by atoms with Gasteiger partial charge < -0.3 is 29.9 Å². The van der Waals surface area contributed by atoms with E-state index < -0.39 is 23.7 Å². The predicted octanol–water partition coefficient (Wildman–Crippen LogP) is 1.27. The number of Topliss-reactive ketones (excluding diaryl/α,β-unsaturated/α-hetero) is 1. The van der Waals surface area contributed by atoms with Crippen molar-refractivity contribution < 1.29 is 34.7 Å². The highest BCUT2D eigenvalue weighted by Gasteiger charge is 2.47. The van der Waals surface area contributed by atoms with Gasteiger partial charge in [-0.25, -0.2) is 0 Å². The number of hydrogen-bond donors (Lipinski definition) is 4. The van der Waals surface area contributed by atoms with Crippen LogP contribution in [-0.2, 0) is 5.60 Å². The van der Waals surface area contributed by atoms with Crippen LogP contribution >= 0.6 is 0 Å². The monoisotopic (exact) mass is 318 g/mol. The van der Waals surface area contributed by atoms with E-state index >= 15 is 0 Å². The molecule has 0 aliphatic carbocycles. The van der Waals surface area contributed by atoms with Gasteiger partial charge in [-0.2, -0.15) is 0 Å². The number of rotatable bonds is 2. The van der Waals surface area contributed by atoms with Gasteiger partial charge in [0.05, 0.1) is 7.11 Å². The van der Waals surface area contributed by atoms with E-state index in [1.807, 2.05) is 0 Å². The first-order chi connectivity index (χ1) is 10.9. The van der Waals surface area contributed by atoms with Crippen molar-refractivity contribution in [2.24, 2.45) is 0 Å². The van der Waals surface area contributed by atoms with E-state index in [2.05, 4.69) is 0 Å². The third-order valence-corrected chi connectivity index (χ3v) is 3.76. The van der Waals surface area contributed by atoms with Gasteiger partial charge >= 0.3 is 0 Å². The molecule has 2 aromatic carbocycles. The number of phenolic OH excluding ortho intramolecular Hbond substituents is 3. The van der Waals surface area contributed by atoms with Crippen molar-refractivity contribution in [2.75, 3.05) is 13.7 Å². The summed E-state index contributed by atoms with van der Waals surface area (Å²) in [5, 5.41) is 40.1. The largest absolute Gasteiger partial charge is 0.508 e. The number of carbonyl (C=O) groups excluding carboxylic acids is 1. The second kappa shape index (κ2) is 5.06. The van der Waals surface area contributed by atoms with Crippen molar-refractivity contribution in [1.29, 1.82) is 0 Å². The fourth-order valence-corrected chi connectivity index (χ4v) is 2.57. The molecule has 0 spiro atoms. The molecule has 1 atom stereocenters. The summed E-state index contributed by atoms with van der Waals surface area (Å²) in [4.78, 5) is 12.7. The van der Waals surface area contributed by atoms with Crippen molar-refractivity contribution >= 4 is 5.78 Å². The Balaban J connectivity index is 2.12. The minimum Gasteiger partial charge on any atom is -0.508 e. The molecule has 1 aliphatic heterocycles. The topological polar surface area (TPSA) is 116 Å². The molecule has 0 aromatic heterocycles.